The maximum Gasteiger partial charge on any atom is 0.235 e. The normalized spacial score (nSPS) is 19.6. The van der Waals surface area contributed by atoms with Gasteiger partial charge in [0.2, 0.25) is 10.0 Å². The fourth-order valence-corrected chi connectivity index (χ4v) is 3.49. The minimum Gasteiger partial charge on any atom is -0.315 e. The first kappa shape index (κ1) is 12.9. The van der Waals surface area contributed by atoms with E-state index in [-0.39, 0.29) is 5.75 Å². The molecule has 0 radical (unpaired) electrons. The highest BCUT2D eigenvalue weighted by atomic mass is 32.2. The van der Waals surface area contributed by atoms with Crippen molar-refractivity contribution >= 4 is 15.7 Å². The Labute approximate surface area is 107 Å². The number of hydrogen-bond acceptors (Lipinski definition) is 4. The monoisotopic (exact) mass is 265 g/mol. The largest absolute Gasteiger partial charge is 0.315 e. The maximum absolute atomic E-state index is 12.2. The Bertz CT molecular complexity index is 563. The first-order valence-electron chi connectivity index (χ1n) is 5.85. The first-order valence-corrected chi connectivity index (χ1v) is 7.46. The molecule has 0 amide bonds. The summed E-state index contributed by atoms with van der Waals surface area (Å²) >= 11 is 0. The Morgan fingerprint density at radius 1 is 1.33 bits per heavy atom. The Hall–Kier alpha value is -1.58. The van der Waals surface area contributed by atoms with E-state index >= 15 is 0 Å². The molecule has 2 rings (SSSR count). The molecule has 96 valence electrons. The van der Waals surface area contributed by atoms with Crippen LogP contribution in [-0.2, 0) is 10.0 Å². The van der Waals surface area contributed by atoms with E-state index in [1.807, 2.05) is 6.07 Å². The highest BCUT2D eigenvalue weighted by molar-refractivity contribution is 7.92. The van der Waals surface area contributed by atoms with Crippen molar-refractivity contribution in [2.45, 2.75) is 6.42 Å². The van der Waals surface area contributed by atoms with Crippen molar-refractivity contribution in [1.82, 2.24) is 5.32 Å². The lowest BCUT2D eigenvalue weighted by atomic mass is 10.2. The molecular formula is C12H15N3O2S. The summed E-state index contributed by atoms with van der Waals surface area (Å²) in [5.41, 5.74) is 1.04. The highest BCUT2D eigenvalue weighted by Gasteiger charge is 2.23. The van der Waals surface area contributed by atoms with E-state index in [0.29, 0.717) is 30.8 Å². The molecule has 1 aliphatic rings. The quantitative estimate of drug-likeness (QED) is 0.810. The number of sulfonamides is 1. The lowest BCUT2D eigenvalue weighted by molar-refractivity contribution is 0.572. The summed E-state index contributed by atoms with van der Waals surface area (Å²) in [6.07, 6.45) is 0.608. The molecule has 0 atom stereocenters. The second kappa shape index (κ2) is 5.38. The van der Waals surface area contributed by atoms with E-state index in [4.69, 9.17) is 5.26 Å². The van der Waals surface area contributed by atoms with Crippen molar-refractivity contribution in [3.63, 3.8) is 0 Å². The summed E-state index contributed by atoms with van der Waals surface area (Å²) in [5, 5.41) is 12.0. The SMILES string of the molecule is N#Cc1cccc(N2CCNCCCS2(=O)=O)c1. The Balaban J connectivity index is 2.36. The Morgan fingerprint density at radius 3 is 2.94 bits per heavy atom. The number of nitriles is 1. The third kappa shape index (κ3) is 2.81. The summed E-state index contributed by atoms with van der Waals surface area (Å²) < 4.78 is 25.7. The van der Waals surface area contributed by atoms with Gasteiger partial charge in [-0.1, -0.05) is 6.07 Å². The molecule has 0 bridgehead atoms. The number of nitrogens with one attached hydrogen (secondary N) is 1. The van der Waals surface area contributed by atoms with E-state index in [9.17, 15) is 8.42 Å². The van der Waals surface area contributed by atoms with E-state index in [1.165, 1.54) is 4.31 Å². The molecule has 1 N–H and O–H groups in total. The summed E-state index contributed by atoms with van der Waals surface area (Å²) in [6.45, 7) is 1.75. The van der Waals surface area contributed by atoms with Crippen molar-refractivity contribution in [2.75, 3.05) is 29.7 Å². The van der Waals surface area contributed by atoms with Gasteiger partial charge in [-0.3, -0.25) is 4.31 Å². The third-order valence-corrected chi connectivity index (χ3v) is 4.72. The van der Waals surface area contributed by atoms with Crippen LogP contribution in [0.5, 0.6) is 0 Å². The third-order valence-electron chi connectivity index (χ3n) is 2.85. The fourth-order valence-electron chi connectivity index (χ4n) is 1.95. The lowest BCUT2D eigenvalue weighted by Gasteiger charge is -2.26. The molecular weight excluding hydrogens is 250 g/mol. The minimum absolute atomic E-state index is 0.136. The van der Waals surface area contributed by atoms with Gasteiger partial charge in [0.05, 0.1) is 23.1 Å². The molecule has 1 heterocycles. The smallest absolute Gasteiger partial charge is 0.235 e. The number of hydrogen-bond donors (Lipinski definition) is 1. The average molecular weight is 265 g/mol. The van der Waals surface area contributed by atoms with Crippen LogP contribution >= 0.6 is 0 Å². The molecule has 6 heteroatoms. The topological polar surface area (TPSA) is 73.2 Å². The first-order chi connectivity index (χ1) is 8.63. The molecule has 0 aromatic heterocycles. The van der Waals surface area contributed by atoms with Gasteiger partial charge in [0.25, 0.3) is 0 Å². The number of benzene rings is 1. The van der Waals surface area contributed by atoms with Gasteiger partial charge in [-0.2, -0.15) is 5.26 Å². The molecule has 0 aliphatic carbocycles. The van der Waals surface area contributed by atoms with Gasteiger partial charge < -0.3 is 5.32 Å². The van der Waals surface area contributed by atoms with Crippen LogP contribution in [0.3, 0.4) is 0 Å². The van der Waals surface area contributed by atoms with Crippen LogP contribution in [0.2, 0.25) is 0 Å². The second-order valence-electron chi connectivity index (χ2n) is 4.15. The van der Waals surface area contributed by atoms with Gasteiger partial charge in [-0.05, 0) is 31.2 Å². The minimum atomic E-state index is -3.28. The molecule has 18 heavy (non-hydrogen) atoms. The fraction of sp³-hybridized carbons (Fsp3) is 0.417. The van der Waals surface area contributed by atoms with Crippen LogP contribution in [0, 0.1) is 11.3 Å². The Kier molecular flexibility index (Phi) is 3.84. The van der Waals surface area contributed by atoms with Gasteiger partial charge in [0, 0.05) is 13.1 Å². The zero-order chi connectivity index (χ0) is 13.0. The maximum atomic E-state index is 12.2. The Morgan fingerprint density at radius 2 is 2.17 bits per heavy atom. The van der Waals surface area contributed by atoms with Crippen molar-refractivity contribution < 1.29 is 8.42 Å². The van der Waals surface area contributed by atoms with Gasteiger partial charge in [-0.15, -0.1) is 0 Å². The summed E-state index contributed by atoms with van der Waals surface area (Å²) in [5.74, 6) is 0.136. The summed E-state index contributed by atoms with van der Waals surface area (Å²) in [4.78, 5) is 0. The van der Waals surface area contributed by atoms with Crippen molar-refractivity contribution in [3.05, 3.63) is 29.8 Å². The predicted octanol–water partition coefficient (Wildman–Crippen LogP) is 0.688. The van der Waals surface area contributed by atoms with Crippen molar-refractivity contribution in [2.24, 2.45) is 0 Å². The van der Waals surface area contributed by atoms with Gasteiger partial charge in [0.15, 0.2) is 0 Å². The zero-order valence-electron chi connectivity index (χ0n) is 9.96. The van der Waals surface area contributed by atoms with Crippen LogP contribution in [0.25, 0.3) is 0 Å². The van der Waals surface area contributed by atoms with Crippen LogP contribution in [-0.4, -0.2) is 33.8 Å². The molecule has 5 nitrogen and oxygen atoms in total. The average Bonchev–Trinajstić information content (AvgIpc) is 2.35. The van der Waals surface area contributed by atoms with E-state index in [2.05, 4.69) is 5.32 Å². The van der Waals surface area contributed by atoms with Crippen LogP contribution in [0.1, 0.15) is 12.0 Å². The second-order valence-corrected chi connectivity index (χ2v) is 6.17. The van der Waals surface area contributed by atoms with Crippen LogP contribution in [0.15, 0.2) is 24.3 Å². The molecule has 0 saturated carbocycles. The molecule has 1 aliphatic heterocycles. The highest BCUT2D eigenvalue weighted by Crippen LogP contribution is 2.20. The molecule has 0 spiro atoms. The van der Waals surface area contributed by atoms with Gasteiger partial charge >= 0.3 is 0 Å². The lowest BCUT2D eigenvalue weighted by Crippen LogP contribution is -2.41. The molecule has 1 saturated heterocycles. The predicted molar refractivity (Wildman–Crippen MR) is 69.8 cm³/mol. The zero-order valence-corrected chi connectivity index (χ0v) is 10.8. The van der Waals surface area contributed by atoms with Crippen molar-refractivity contribution in [3.8, 4) is 6.07 Å². The van der Waals surface area contributed by atoms with Crippen LogP contribution in [0.4, 0.5) is 5.69 Å². The molecule has 1 aromatic carbocycles. The number of rotatable bonds is 1. The van der Waals surface area contributed by atoms with Gasteiger partial charge in [-0.25, -0.2) is 8.42 Å². The standard InChI is InChI=1S/C12H15N3O2S/c13-10-11-3-1-4-12(9-11)15-7-6-14-5-2-8-18(15,16)17/h1,3-4,9,14H,2,5-8H2. The molecule has 1 fully saturated rings. The number of nitrogens with zero attached hydrogens (tertiary/aromatic N) is 2. The van der Waals surface area contributed by atoms with E-state index in [1.54, 1.807) is 24.3 Å². The van der Waals surface area contributed by atoms with Crippen LogP contribution < -0.4 is 9.62 Å². The van der Waals surface area contributed by atoms with E-state index < -0.39 is 10.0 Å². The van der Waals surface area contributed by atoms with Crippen molar-refractivity contribution in [1.29, 1.82) is 5.26 Å². The molecule has 1 aromatic rings. The number of anilines is 1. The van der Waals surface area contributed by atoms with E-state index in [0.717, 1.165) is 6.54 Å². The summed E-state index contributed by atoms with van der Waals surface area (Å²) in [7, 11) is -3.28. The summed E-state index contributed by atoms with van der Waals surface area (Å²) in [6, 6.07) is 8.73. The molecule has 0 unspecified atom stereocenters. The van der Waals surface area contributed by atoms with Gasteiger partial charge in [0.1, 0.15) is 0 Å².